The van der Waals surface area contributed by atoms with E-state index in [0.29, 0.717) is 5.69 Å². The standard InChI is InChI=1S/C11H8FNO2/c12-9-3-1-8-6-10(13-11(14)15)4-2-7(8)5-9/h1-6,13H,(H,14,15). The van der Waals surface area contributed by atoms with Gasteiger partial charge in [-0.1, -0.05) is 12.1 Å². The zero-order valence-electron chi connectivity index (χ0n) is 7.70. The Balaban J connectivity index is 2.47. The molecule has 2 rings (SSSR count). The molecule has 0 saturated heterocycles. The second-order valence-electron chi connectivity index (χ2n) is 3.14. The van der Waals surface area contributed by atoms with E-state index in [2.05, 4.69) is 5.32 Å². The highest BCUT2D eigenvalue weighted by molar-refractivity contribution is 5.90. The SMILES string of the molecule is O=C(O)Nc1ccc2cc(F)ccc2c1. The predicted molar refractivity (Wildman–Crippen MR) is 55.6 cm³/mol. The Bertz CT molecular complexity index is 525. The van der Waals surface area contributed by atoms with Crippen LogP contribution in [0.3, 0.4) is 0 Å². The first kappa shape index (κ1) is 9.45. The third-order valence-corrected chi connectivity index (χ3v) is 2.05. The fourth-order valence-corrected chi connectivity index (χ4v) is 1.42. The number of amides is 1. The van der Waals surface area contributed by atoms with Gasteiger partial charge in [0.1, 0.15) is 5.82 Å². The van der Waals surface area contributed by atoms with E-state index in [1.54, 1.807) is 24.3 Å². The lowest BCUT2D eigenvalue weighted by Crippen LogP contribution is -2.06. The van der Waals surface area contributed by atoms with Gasteiger partial charge >= 0.3 is 6.09 Å². The van der Waals surface area contributed by atoms with Gasteiger partial charge in [-0.3, -0.25) is 5.32 Å². The van der Waals surface area contributed by atoms with E-state index in [0.717, 1.165) is 10.8 Å². The molecule has 76 valence electrons. The monoisotopic (exact) mass is 205 g/mol. The molecule has 0 unspecified atom stereocenters. The highest BCUT2D eigenvalue weighted by atomic mass is 19.1. The van der Waals surface area contributed by atoms with Crippen molar-refractivity contribution in [2.75, 3.05) is 5.32 Å². The van der Waals surface area contributed by atoms with E-state index < -0.39 is 6.09 Å². The molecule has 3 nitrogen and oxygen atoms in total. The van der Waals surface area contributed by atoms with Crippen molar-refractivity contribution in [3.63, 3.8) is 0 Å². The highest BCUT2D eigenvalue weighted by Gasteiger charge is 2.00. The number of hydrogen-bond acceptors (Lipinski definition) is 1. The maximum Gasteiger partial charge on any atom is 0.409 e. The van der Waals surface area contributed by atoms with Gasteiger partial charge in [0.05, 0.1) is 0 Å². The molecule has 0 saturated carbocycles. The second kappa shape index (κ2) is 3.57. The van der Waals surface area contributed by atoms with Crippen molar-refractivity contribution in [3.8, 4) is 0 Å². The van der Waals surface area contributed by atoms with Crippen LogP contribution in [0.15, 0.2) is 36.4 Å². The quantitative estimate of drug-likeness (QED) is 0.751. The van der Waals surface area contributed by atoms with Crippen molar-refractivity contribution in [1.29, 1.82) is 0 Å². The average molecular weight is 205 g/mol. The Hall–Kier alpha value is -2.10. The first-order valence-electron chi connectivity index (χ1n) is 4.34. The number of halogens is 1. The van der Waals surface area contributed by atoms with Gasteiger partial charge in [0, 0.05) is 5.69 Å². The smallest absolute Gasteiger partial charge is 0.409 e. The van der Waals surface area contributed by atoms with Crippen LogP contribution in [0.4, 0.5) is 14.9 Å². The van der Waals surface area contributed by atoms with Gasteiger partial charge in [-0.2, -0.15) is 0 Å². The van der Waals surface area contributed by atoms with Crippen LogP contribution in [-0.4, -0.2) is 11.2 Å². The van der Waals surface area contributed by atoms with Gasteiger partial charge in [-0.15, -0.1) is 0 Å². The number of nitrogens with one attached hydrogen (secondary N) is 1. The van der Waals surface area contributed by atoms with Crippen LogP contribution in [0, 0.1) is 5.82 Å². The molecule has 0 aliphatic carbocycles. The number of rotatable bonds is 1. The zero-order chi connectivity index (χ0) is 10.8. The van der Waals surface area contributed by atoms with E-state index in [1.165, 1.54) is 12.1 Å². The minimum Gasteiger partial charge on any atom is -0.465 e. The van der Waals surface area contributed by atoms with Gasteiger partial charge < -0.3 is 5.11 Å². The maximum atomic E-state index is 12.8. The maximum absolute atomic E-state index is 12.8. The number of benzene rings is 2. The molecule has 0 bridgehead atoms. The summed E-state index contributed by atoms with van der Waals surface area (Å²) in [4.78, 5) is 10.4. The van der Waals surface area contributed by atoms with Crippen molar-refractivity contribution in [3.05, 3.63) is 42.2 Å². The zero-order valence-corrected chi connectivity index (χ0v) is 7.70. The Morgan fingerprint density at radius 3 is 2.53 bits per heavy atom. The lowest BCUT2D eigenvalue weighted by Gasteiger charge is -2.03. The molecule has 0 heterocycles. The number of carbonyl (C=O) groups is 1. The summed E-state index contributed by atoms with van der Waals surface area (Å²) in [5.74, 6) is -0.304. The molecule has 2 N–H and O–H groups in total. The molecule has 2 aromatic carbocycles. The first-order chi connectivity index (χ1) is 7.15. The van der Waals surface area contributed by atoms with Crippen LogP contribution in [-0.2, 0) is 0 Å². The molecule has 15 heavy (non-hydrogen) atoms. The van der Waals surface area contributed by atoms with E-state index in [9.17, 15) is 9.18 Å². The molecule has 0 atom stereocenters. The summed E-state index contributed by atoms with van der Waals surface area (Å²) in [7, 11) is 0. The molecule has 0 radical (unpaired) electrons. The van der Waals surface area contributed by atoms with Crippen molar-refractivity contribution in [1.82, 2.24) is 0 Å². The van der Waals surface area contributed by atoms with Crippen LogP contribution in [0.2, 0.25) is 0 Å². The third kappa shape index (κ3) is 2.04. The van der Waals surface area contributed by atoms with Crippen LogP contribution in [0.5, 0.6) is 0 Å². The summed E-state index contributed by atoms with van der Waals surface area (Å²) in [6.07, 6.45) is -1.11. The van der Waals surface area contributed by atoms with Crippen LogP contribution in [0.25, 0.3) is 10.8 Å². The fourth-order valence-electron chi connectivity index (χ4n) is 1.42. The fraction of sp³-hybridized carbons (Fsp3) is 0. The van der Waals surface area contributed by atoms with E-state index in [4.69, 9.17) is 5.11 Å². The summed E-state index contributed by atoms with van der Waals surface area (Å²) >= 11 is 0. The Morgan fingerprint density at radius 1 is 1.13 bits per heavy atom. The minimum atomic E-state index is -1.11. The number of carboxylic acid groups (broad SMARTS) is 1. The third-order valence-electron chi connectivity index (χ3n) is 2.05. The lowest BCUT2D eigenvalue weighted by atomic mass is 10.1. The number of fused-ring (bicyclic) bond motifs is 1. The molecule has 0 aliphatic heterocycles. The molecule has 4 heteroatoms. The normalized spacial score (nSPS) is 10.2. The van der Waals surface area contributed by atoms with Crippen molar-refractivity contribution < 1.29 is 14.3 Å². The molecule has 1 amide bonds. The van der Waals surface area contributed by atoms with Gasteiger partial charge in [0.25, 0.3) is 0 Å². The summed E-state index contributed by atoms with van der Waals surface area (Å²) < 4.78 is 12.8. The van der Waals surface area contributed by atoms with E-state index in [-0.39, 0.29) is 5.82 Å². The Morgan fingerprint density at radius 2 is 1.80 bits per heavy atom. The van der Waals surface area contributed by atoms with Gasteiger partial charge in [-0.05, 0) is 35.0 Å². The van der Waals surface area contributed by atoms with Crippen molar-refractivity contribution in [2.24, 2.45) is 0 Å². The molecule has 0 aromatic heterocycles. The topological polar surface area (TPSA) is 49.3 Å². The molecular weight excluding hydrogens is 197 g/mol. The first-order valence-corrected chi connectivity index (χ1v) is 4.34. The van der Waals surface area contributed by atoms with Crippen LogP contribution in [0.1, 0.15) is 0 Å². The van der Waals surface area contributed by atoms with E-state index >= 15 is 0 Å². The molecule has 0 spiro atoms. The molecule has 2 aromatic rings. The van der Waals surface area contributed by atoms with E-state index in [1.807, 2.05) is 0 Å². The van der Waals surface area contributed by atoms with Crippen molar-refractivity contribution >= 4 is 22.6 Å². The molecule has 0 fully saturated rings. The second-order valence-corrected chi connectivity index (χ2v) is 3.14. The Labute approximate surface area is 85.1 Å². The predicted octanol–water partition coefficient (Wildman–Crippen LogP) is 3.07. The molecular formula is C11H8FNO2. The van der Waals surface area contributed by atoms with Gasteiger partial charge in [0.2, 0.25) is 0 Å². The summed E-state index contributed by atoms with van der Waals surface area (Å²) in [5, 5.41) is 12.3. The van der Waals surface area contributed by atoms with Crippen LogP contribution < -0.4 is 5.32 Å². The summed E-state index contributed by atoms with van der Waals surface area (Å²) in [5.41, 5.74) is 0.474. The molecule has 0 aliphatic rings. The Kier molecular flexibility index (Phi) is 2.25. The number of hydrogen-bond donors (Lipinski definition) is 2. The summed E-state index contributed by atoms with van der Waals surface area (Å²) in [6, 6.07) is 9.27. The number of anilines is 1. The minimum absolute atomic E-state index is 0.304. The van der Waals surface area contributed by atoms with Gasteiger partial charge in [-0.25, -0.2) is 9.18 Å². The average Bonchev–Trinajstić information content (AvgIpc) is 2.17. The highest BCUT2D eigenvalue weighted by Crippen LogP contribution is 2.19. The van der Waals surface area contributed by atoms with Gasteiger partial charge in [0.15, 0.2) is 0 Å². The van der Waals surface area contributed by atoms with Crippen LogP contribution >= 0.6 is 0 Å². The summed E-state index contributed by atoms with van der Waals surface area (Å²) in [6.45, 7) is 0. The van der Waals surface area contributed by atoms with Crippen molar-refractivity contribution in [2.45, 2.75) is 0 Å². The lowest BCUT2D eigenvalue weighted by molar-refractivity contribution is 0.210. The largest absolute Gasteiger partial charge is 0.465 e.